The molecule has 0 bridgehead atoms. The Morgan fingerprint density at radius 3 is 2.59 bits per heavy atom. The number of hydrogen-bond acceptors (Lipinski definition) is 4. The van der Waals surface area contributed by atoms with Crippen LogP contribution in [0.3, 0.4) is 0 Å². The van der Waals surface area contributed by atoms with Crippen LogP contribution in [0.25, 0.3) is 0 Å². The highest BCUT2D eigenvalue weighted by atomic mass is 35.5. The topological polar surface area (TPSA) is 60.4 Å². The normalized spacial score (nSPS) is 9.82. The summed E-state index contributed by atoms with van der Waals surface area (Å²) in [5.74, 6) is -3.86. The van der Waals surface area contributed by atoms with Crippen LogP contribution < -0.4 is 0 Å². The lowest BCUT2D eigenvalue weighted by Crippen LogP contribution is -2.20. The fourth-order valence-corrected chi connectivity index (χ4v) is 1.28. The summed E-state index contributed by atoms with van der Waals surface area (Å²) in [6, 6.07) is 3.26. The van der Waals surface area contributed by atoms with E-state index in [1.165, 1.54) is 6.07 Å². The van der Waals surface area contributed by atoms with Gasteiger partial charge in [0, 0.05) is 5.02 Å². The fraction of sp³-hybridized carbons (Fsp3) is 0.182. The molecule has 0 N–H and O–H groups in total. The number of Topliss-reactive ketones (excluding diaryl/α,β-unsaturated/α-hetero) is 2. The second-order valence-electron chi connectivity index (χ2n) is 3.13. The maximum Gasteiger partial charge on any atom is 0.313 e. The van der Waals surface area contributed by atoms with Crippen LogP contribution in [0.4, 0.5) is 4.39 Å². The molecule has 1 rings (SSSR count). The molecule has 0 unspecified atom stereocenters. The monoisotopic (exact) mass is 258 g/mol. The quantitative estimate of drug-likeness (QED) is 0.358. The number of carbonyl (C=O) groups is 3. The van der Waals surface area contributed by atoms with Crippen LogP contribution in [0, 0.1) is 5.82 Å². The molecular formula is C11H8ClFO4. The van der Waals surface area contributed by atoms with Crippen LogP contribution in [0.1, 0.15) is 16.8 Å². The van der Waals surface area contributed by atoms with E-state index in [1.807, 2.05) is 0 Å². The van der Waals surface area contributed by atoms with Gasteiger partial charge >= 0.3 is 5.97 Å². The minimum atomic E-state index is -1.10. The molecule has 17 heavy (non-hydrogen) atoms. The number of methoxy groups -OCH3 is 1. The van der Waals surface area contributed by atoms with Crippen LogP contribution in [0.15, 0.2) is 18.2 Å². The number of rotatable bonds is 4. The highest BCUT2D eigenvalue weighted by Crippen LogP contribution is 2.16. The number of benzene rings is 1. The predicted molar refractivity (Wildman–Crippen MR) is 57.4 cm³/mol. The molecule has 0 aliphatic carbocycles. The van der Waals surface area contributed by atoms with Gasteiger partial charge in [-0.2, -0.15) is 0 Å². The molecular weight excluding hydrogens is 251 g/mol. The Bertz CT molecular complexity index is 484. The van der Waals surface area contributed by atoms with E-state index >= 15 is 0 Å². The Kier molecular flexibility index (Phi) is 4.34. The van der Waals surface area contributed by atoms with Crippen molar-refractivity contribution in [2.45, 2.75) is 6.42 Å². The smallest absolute Gasteiger partial charge is 0.313 e. The highest BCUT2D eigenvalue weighted by Gasteiger charge is 2.22. The number of ketones is 2. The molecule has 0 heterocycles. The standard InChI is InChI=1S/C11H8ClFO4/c1-17-10(15)5-9(14)11(16)7-4-6(12)2-3-8(7)13/h2-4H,5H2,1H3. The second-order valence-corrected chi connectivity index (χ2v) is 3.57. The van der Waals surface area contributed by atoms with Gasteiger partial charge in [0.05, 0.1) is 12.7 Å². The molecule has 1 aromatic rings. The molecule has 0 radical (unpaired) electrons. The highest BCUT2D eigenvalue weighted by molar-refractivity contribution is 6.46. The maximum atomic E-state index is 13.3. The molecule has 1 aromatic carbocycles. The zero-order valence-corrected chi connectivity index (χ0v) is 9.58. The van der Waals surface area contributed by atoms with Crippen molar-refractivity contribution < 1.29 is 23.5 Å². The van der Waals surface area contributed by atoms with E-state index in [-0.39, 0.29) is 5.02 Å². The second kappa shape index (κ2) is 5.54. The summed E-state index contributed by atoms with van der Waals surface area (Å²) in [4.78, 5) is 33.6. The van der Waals surface area contributed by atoms with Crippen LogP contribution >= 0.6 is 11.6 Å². The van der Waals surface area contributed by atoms with Gasteiger partial charge in [-0.15, -0.1) is 0 Å². The molecule has 0 saturated carbocycles. The van der Waals surface area contributed by atoms with E-state index < -0.39 is 35.3 Å². The molecule has 0 aliphatic rings. The molecule has 0 aliphatic heterocycles. The molecule has 0 amide bonds. The van der Waals surface area contributed by atoms with Crippen LogP contribution in [-0.4, -0.2) is 24.6 Å². The predicted octanol–water partition coefficient (Wildman–Crippen LogP) is 1.79. The minimum absolute atomic E-state index is 0.126. The lowest BCUT2D eigenvalue weighted by Gasteiger charge is -2.02. The molecule has 90 valence electrons. The molecule has 0 saturated heterocycles. The lowest BCUT2D eigenvalue weighted by molar-refractivity contribution is -0.142. The Morgan fingerprint density at radius 1 is 1.35 bits per heavy atom. The van der Waals surface area contributed by atoms with Crippen molar-refractivity contribution in [2.75, 3.05) is 7.11 Å². The van der Waals surface area contributed by atoms with Crippen molar-refractivity contribution in [2.24, 2.45) is 0 Å². The average Bonchev–Trinajstić information content (AvgIpc) is 2.31. The van der Waals surface area contributed by atoms with E-state index in [0.29, 0.717) is 0 Å². The average molecular weight is 259 g/mol. The van der Waals surface area contributed by atoms with E-state index in [0.717, 1.165) is 19.2 Å². The molecule has 4 nitrogen and oxygen atoms in total. The summed E-state index contributed by atoms with van der Waals surface area (Å²) in [6.07, 6.45) is -0.721. The van der Waals surface area contributed by atoms with Gasteiger partial charge in [0.1, 0.15) is 12.2 Å². The van der Waals surface area contributed by atoms with Gasteiger partial charge in [-0.1, -0.05) is 11.6 Å². The summed E-state index contributed by atoms with van der Waals surface area (Å²) in [7, 11) is 1.08. The van der Waals surface area contributed by atoms with Crippen molar-refractivity contribution >= 4 is 29.1 Å². The first kappa shape index (κ1) is 13.3. The first-order valence-electron chi connectivity index (χ1n) is 4.55. The molecule has 0 spiro atoms. The molecule has 0 aromatic heterocycles. The Labute approximate surface area is 101 Å². The zero-order chi connectivity index (χ0) is 13.0. The Hall–Kier alpha value is -1.75. The number of carbonyl (C=O) groups excluding carboxylic acids is 3. The van der Waals surface area contributed by atoms with E-state index in [4.69, 9.17) is 11.6 Å². The summed E-state index contributed by atoms with van der Waals surface area (Å²) >= 11 is 5.58. The van der Waals surface area contributed by atoms with Gasteiger partial charge in [-0.3, -0.25) is 14.4 Å². The zero-order valence-electron chi connectivity index (χ0n) is 8.83. The number of ether oxygens (including phenoxy) is 1. The van der Waals surface area contributed by atoms with Gasteiger partial charge in [0.15, 0.2) is 0 Å². The van der Waals surface area contributed by atoms with Crippen LogP contribution in [0.5, 0.6) is 0 Å². The summed E-state index contributed by atoms with van der Waals surface area (Å²) in [5, 5.41) is 0.126. The van der Waals surface area contributed by atoms with Gasteiger partial charge in [-0.05, 0) is 18.2 Å². The van der Waals surface area contributed by atoms with Crippen molar-refractivity contribution in [1.82, 2.24) is 0 Å². The van der Waals surface area contributed by atoms with Gasteiger partial charge in [0.2, 0.25) is 11.6 Å². The van der Waals surface area contributed by atoms with Crippen LogP contribution in [-0.2, 0) is 14.3 Å². The van der Waals surface area contributed by atoms with E-state index in [1.54, 1.807) is 0 Å². The van der Waals surface area contributed by atoms with E-state index in [9.17, 15) is 18.8 Å². The first-order chi connectivity index (χ1) is 7.95. The summed E-state index contributed by atoms with van der Waals surface area (Å²) < 4.78 is 17.5. The van der Waals surface area contributed by atoms with Gasteiger partial charge in [0.25, 0.3) is 0 Å². The van der Waals surface area contributed by atoms with Crippen molar-refractivity contribution in [1.29, 1.82) is 0 Å². The van der Waals surface area contributed by atoms with Crippen molar-refractivity contribution in [3.8, 4) is 0 Å². The van der Waals surface area contributed by atoms with Crippen molar-refractivity contribution in [3.63, 3.8) is 0 Å². The molecule has 0 atom stereocenters. The summed E-state index contributed by atoms with van der Waals surface area (Å²) in [5.41, 5.74) is -0.452. The largest absolute Gasteiger partial charge is 0.469 e. The fourth-order valence-electron chi connectivity index (χ4n) is 1.11. The first-order valence-corrected chi connectivity index (χ1v) is 4.93. The summed E-state index contributed by atoms with van der Waals surface area (Å²) in [6.45, 7) is 0. The Morgan fingerprint density at radius 2 is 2.00 bits per heavy atom. The minimum Gasteiger partial charge on any atom is -0.469 e. The van der Waals surface area contributed by atoms with Gasteiger partial charge in [-0.25, -0.2) is 4.39 Å². The Balaban J connectivity index is 2.93. The molecule has 0 fully saturated rings. The lowest BCUT2D eigenvalue weighted by atomic mass is 10.1. The van der Waals surface area contributed by atoms with Gasteiger partial charge < -0.3 is 4.74 Å². The van der Waals surface area contributed by atoms with Crippen molar-refractivity contribution in [3.05, 3.63) is 34.6 Å². The van der Waals surface area contributed by atoms with E-state index in [2.05, 4.69) is 4.74 Å². The number of hydrogen-bond donors (Lipinski definition) is 0. The number of esters is 1. The molecule has 6 heteroatoms. The SMILES string of the molecule is COC(=O)CC(=O)C(=O)c1cc(Cl)ccc1F. The third-order valence-electron chi connectivity index (χ3n) is 1.96. The third-order valence-corrected chi connectivity index (χ3v) is 2.19. The third kappa shape index (κ3) is 3.35. The maximum absolute atomic E-state index is 13.3. The van der Waals surface area contributed by atoms with Crippen LogP contribution in [0.2, 0.25) is 5.02 Å². The number of halogens is 2.